The first kappa shape index (κ1) is 20.2. The van der Waals surface area contributed by atoms with Gasteiger partial charge in [-0.1, -0.05) is 5.16 Å². The number of oxazole rings is 1. The Morgan fingerprint density at radius 1 is 1.20 bits per heavy atom. The summed E-state index contributed by atoms with van der Waals surface area (Å²) in [6.45, 7) is 8.72. The number of rotatable bonds is 4. The molecule has 2 aromatic heterocycles. The minimum atomic E-state index is -0.381. The van der Waals surface area contributed by atoms with Gasteiger partial charge >= 0.3 is 11.8 Å². The summed E-state index contributed by atoms with van der Waals surface area (Å²) in [5.41, 5.74) is 1.99. The van der Waals surface area contributed by atoms with Crippen molar-refractivity contribution in [3.8, 4) is 11.4 Å². The van der Waals surface area contributed by atoms with E-state index in [1.165, 1.54) is 0 Å². The maximum absolute atomic E-state index is 12.1. The lowest BCUT2D eigenvalue weighted by molar-refractivity contribution is 0.0677. The maximum Gasteiger partial charge on any atom is 0.420 e. The molecule has 1 aliphatic heterocycles. The number of nitrogens with zero attached hydrogens (tertiary/aromatic N) is 4. The Bertz CT molecular complexity index is 1100. The maximum atomic E-state index is 12.1. The van der Waals surface area contributed by atoms with Gasteiger partial charge in [0.25, 0.3) is 0 Å². The van der Waals surface area contributed by atoms with Gasteiger partial charge in [0, 0.05) is 30.6 Å². The van der Waals surface area contributed by atoms with Crippen LogP contribution in [-0.4, -0.2) is 44.9 Å². The van der Waals surface area contributed by atoms with Crippen LogP contribution in [0.15, 0.2) is 31.9 Å². The number of hydrogen-bond acceptors (Lipinski definition) is 7. The van der Waals surface area contributed by atoms with Gasteiger partial charge in [-0.05, 0) is 58.7 Å². The number of carbonyl (C=O) groups is 1. The highest BCUT2D eigenvalue weighted by molar-refractivity contribution is 5.79. The number of benzene rings is 1. The molecule has 4 rings (SSSR count). The zero-order valence-corrected chi connectivity index (χ0v) is 17.6. The van der Waals surface area contributed by atoms with Gasteiger partial charge in [-0.2, -0.15) is 4.98 Å². The van der Waals surface area contributed by atoms with Crippen LogP contribution in [0.5, 0.6) is 0 Å². The fourth-order valence-corrected chi connectivity index (χ4v) is 3.77. The molecule has 0 spiro atoms. The lowest BCUT2D eigenvalue weighted by Crippen LogP contribution is -2.39. The number of hydrogen-bond donors (Lipinski definition) is 0. The summed E-state index contributed by atoms with van der Waals surface area (Å²) < 4.78 is 17.7. The van der Waals surface area contributed by atoms with Crippen molar-refractivity contribution in [3.05, 3.63) is 34.6 Å². The number of ether oxygens (including phenoxy) is 1. The SMILES string of the molecule is CC(C)OC(=O)N1CCC(c2nc(-c3ccc4oc(=O)n(C(C)C)c4c3)no2)CC1. The zero-order chi connectivity index (χ0) is 21.4. The van der Waals surface area contributed by atoms with Gasteiger partial charge in [-0.3, -0.25) is 4.57 Å². The zero-order valence-electron chi connectivity index (χ0n) is 17.6. The monoisotopic (exact) mass is 414 g/mol. The van der Waals surface area contributed by atoms with Gasteiger partial charge < -0.3 is 18.6 Å². The second kappa shape index (κ2) is 7.97. The quantitative estimate of drug-likeness (QED) is 0.637. The third-order valence-corrected chi connectivity index (χ3v) is 5.27. The van der Waals surface area contributed by atoms with Crippen LogP contribution in [0.1, 0.15) is 58.4 Å². The Morgan fingerprint density at radius 2 is 1.93 bits per heavy atom. The fraction of sp³-hybridized carbons (Fsp3) is 0.524. The number of fused-ring (bicyclic) bond motifs is 1. The molecule has 1 aliphatic rings. The Labute approximate surface area is 173 Å². The summed E-state index contributed by atoms with van der Waals surface area (Å²) in [5, 5.41) is 4.13. The molecule has 0 atom stereocenters. The van der Waals surface area contributed by atoms with Crippen molar-refractivity contribution in [3.63, 3.8) is 0 Å². The largest absolute Gasteiger partial charge is 0.447 e. The van der Waals surface area contributed by atoms with Crippen LogP contribution in [0.4, 0.5) is 4.79 Å². The van der Waals surface area contributed by atoms with Gasteiger partial charge in [0.15, 0.2) is 5.58 Å². The van der Waals surface area contributed by atoms with Crippen LogP contribution in [0.25, 0.3) is 22.5 Å². The molecule has 160 valence electrons. The number of carbonyl (C=O) groups excluding carboxylic acids is 1. The Balaban J connectivity index is 1.50. The van der Waals surface area contributed by atoms with E-state index >= 15 is 0 Å². The standard InChI is InChI=1S/C21H26N4O5/c1-12(2)25-16-11-15(5-6-17(16)29-21(25)27)18-22-19(30-23-18)14-7-9-24(10-8-14)20(26)28-13(3)4/h5-6,11-14H,7-10H2,1-4H3. The van der Waals surface area contributed by atoms with Crippen molar-refractivity contribution in [2.75, 3.05) is 13.1 Å². The van der Waals surface area contributed by atoms with E-state index in [-0.39, 0.29) is 29.9 Å². The lowest BCUT2D eigenvalue weighted by Gasteiger charge is -2.30. The van der Waals surface area contributed by atoms with Crippen molar-refractivity contribution in [1.29, 1.82) is 0 Å². The summed E-state index contributed by atoms with van der Waals surface area (Å²) in [7, 11) is 0. The Hall–Kier alpha value is -3.10. The van der Waals surface area contributed by atoms with Gasteiger partial charge in [-0.15, -0.1) is 0 Å². The second-order valence-electron chi connectivity index (χ2n) is 8.16. The third-order valence-electron chi connectivity index (χ3n) is 5.27. The number of aromatic nitrogens is 3. The Morgan fingerprint density at radius 3 is 2.60 bits per heavy atom. The molecule has 1 amide bonds. The van der Waals surface area contributed by atoms with Crippen LogP contribution in [0.2, 0.25) is 0 Å². The second-order valence-corrected chi connectivity index (χ2v) is 8.16. The van der Waals surface area contributed by atoms with Crippen molar-refractivity contribution in [2.45, 2.75) is 58.6 Å². The molecule has 1 aromatic carbocycles. The predicted molar refractivity (Wildman–Crippen MR) is 109 cm³/mol. The number of likely N-dealkylation sites (tertiary alicyclic amines) is 1. The first-order chi connectivity index (χ1) is 14.3. The third kappa shape index (κ3) is 3.83. The van der Waals surface area contributed by atoms with Gasteiger partial charge in [0.1, 0.15) is 0 Å². The molecule has 0 radical (unpaired) electrons. The Kier molecular flexibility index (Phi) is 5.36. The van der Waals surface area contributed by atoms with E-state index in [0.717, 1.165) is 18.4 Å². The highest BCUT2D eigenvalue weighted by Gasteiger charge is 2.28. The molecular weight excluding hydrogens is 388 g/mol. The summed E-state index contributed by atoms with van der Waals surface area (Å²) in [5.74, 6) is 0.752. The molecule has 9 nitrogen and oxygen atoms in total. The van der Waals surface area contributed by atoms with Crippen LogP contribution in [0.3, 0.4) is 0 Å². The number of amides is 1. The molecule has 3 heterocycles. The van der Waals surface area contributed by atoms with Crippen molar-refractivity contribution in [1.82, 2.24) is 19.6 Å². The van der Waals surface area contributed by atoms with Crippen molar-refractivity contribution < 1.29 is 18.5 Å². The van der Waals surface area contributed by atoms with Crippen molar-refractivity contribution >= 4 is 17.2 Å². The summed E-state index contributed by atoms with van der Waals surface area (Å²) in [4.78, 5) is 30.4. The molecule has 0 unspecified atom stereocenters. The van der Waals surface area contributed by atoms with Gasteiger partial charge in [-0.25, -0.2) is 9.59 Å². The smallest absolute Gasteiger partial charge is 0.420 e. The molecule has 0 bridgehead atoms. The van der Waals surface area contributed by atoms with Gasteiger partial charge in [0.2, 0.25) is 11.7 Å². The predicted octanol–water partition coefficient (Wildman–Crippen LogP) is 3.95. The first-order valence-corrected chi connectivity index (χ1v) is 10.3. The van der Waals surface area contributed by atoms with E-state index in [9.17, 15) is 9.59 Å². The lowest BCUT2D eigenvalue weighted by atomic mass is 9.97. The van der Waals surface area contributed by atoms with Crippen LogP contribution >= 0.6 is 0 Å². The van der Waals surface area contributed by atoms with E-state index in [1.54, 1.807) is 15.5 Å². The van der Waals surface area contributed by atoms with E-state index in [4.69, 9.17) is 13.7 Å². The van der Waals surface area contributed by atoms with E-state index in [2.05, 4.69) is 10.1 Å². The van der Waals surface area contributed by atoms with Crippen LogP contribution in [-0.2, 0) is 4.74 Å². The van der Waals surface area contributed by atoms with Crippen LogP contribution in [0, 0.1) is 0 Å². The minimum Gasteiger partial charge on any atom is -0.447 e. The topological polar surface area (TPSA) is 104 Å². The van der Waals surface area contributed by atoms with Gasteiger partial charge in [0.05, 0.1) is 11.6 Å². The van der Waals surface area contributed by atoms with E-state index in [1.807, 2.05) is 39.8 Å². The molecule has 1 saturated heterocycles. The summed E-state index contributed by atoms with van der Waals surface area (Å²) in [6.07, 6.45) is 1.07. The molecule has 1 fully saturated rings. The van der Waals surface area contributed by atoms with E-state index in [0.29, 0.717) is 35.9 Å². The summed E-state index contributed by atoms with van der Waals surface area (Å²) >= 11 is 0. The molecule has 0 aliphatic carbocycles. The first-order valence-electron chi connectivity index (χ1n) is 10.3. The molecular formula is C21H26N4O5. The van der Waals surface area contributed by atoms with E-state index < -0.39 is 0 Å². The molecule has 3 aromatic rings. The average molecular weight is 414 g/mol. The van der Waals surface area contributed by atoms with Crippen molar-refractivity contribution in [2.24, 2.45) is 0 Å². The summed E-state index contributed by atoms with van der Waals surface area (Å²) in [6, 6.07) is 5.39. The molecule has 30 heavy (non-hydrogen) atoms. The molecule has 0 saturated carbocycles. The highest BCUT2D eigenvalue weighted by Crippen LogP contribution is 2.30. The average Bonchev–Trinajstić information content (AvgIpc) is 3.31. The van der Waals surface area contributed by atoms with Crippen LogP contribution < -0.4 is 5.76 Å². The number of piperidine rings is 1. The molecule has 0 N–H and O–H groups in total. The highest BCUT2D eigenvalue weighted by atomic mass is 16.6. The fourth-order valence-electron chi connectivity index (χ4n) is 3.77. The molecule has 9 heteroatoms. The normalized spacial score (nSPS) is 15.5. The minimum absolute atomic E-state index is 0.0256.